The van der Waals surface area contributed by atoms with Crippen molar-refractivity contribution in [3.63, 3.8) is 0 Å². The number of urea groups is 1. The van der Waals surface area contributed by atoms with E-state index in [1.165, 1.54) is 0 Å². The Kier molecular flexibility index (Phi) is 4.32. The number of hydrogen-bond acceptors (Lipinski definition) is 4. The molecule has 27 heavy (non-hydrogen) atoms. The number of hydrogen-bond donors (Lipinski definition) is 3. The van der Waals surface area contributed by atoms with Crippen LogP contribution in [-0.4, -0.2) is 26.7 Å². The van der Waals surface area contributed by atoms with Gasteiger partial charge in [0.25, 0.3) is 0 Å². The first-order valence-corrected chi connectivity index (χ1v) is 8.31. The van der Waals surface area contributed by atoms with Crippen molar-refractivity contribution in [2.45, 2.75) is 0 Å². The normalized spacial score (nSPS) is 10.5. The van der Waals surface area contributed by atoms with Gasteiger partial charge in [-0.2, -0.15) is 5.21 Å². The maximum absolute atomic E-state index is 11.4. The number of carbonyl (C=O) groups is 1. The maximum Gasteiger partial charge on any atom is 0.316 e. The summed E-state index contributed by atoms with van der Waals surface area (Å²) < 4.78 is 0. The number of rotatable bonds is 4. The molecule has 7 nitrogen and oxygen atoms in total. The van der Waals surface area contributed by atoms with Gasteiger partial charge in [-0.1, -0.05) is 60.7 Å². The van der Waals surface area contributed by atoms with E-state index in [2.05, 4.69) is 50.2 Å². The van der Waals surface area contributed by atoms with E-state index in [0.717, 1.165) is 22.3 Å². The van der Waals surface area contributed by atoms with Crippen molar-refractivity contribution in [1.29, 1.82) is 0 Å². The number of aromatic amines is 1. The maximum atomic E-state index is 11.4. The molecule has 2 amide bonds. The summed E-state index contributed by atoms with van der Waals surface area (Å²) in [6.45, 7) is 0. The van der Waals surface area contributed by atoms with E-state index in [4.69, 9.17) is 5.73 Å². The quantitative estimate of drug-likeness (QED) is 0.518. The summed E-state index contributed by atoms with van der Waals surface area (Å²) in [7, 11) is 0. The molecule has 0 saturated heterocycles. The highest BCUT2D eigenvalue weighted by Gasteiger charge is 2.17. The number of nitrogens with zero attached hydrogens (tertiary/aromatic N) is 3. The lowest BCUT2D eigenvalue weighted by Crippen LogP contribution is -2.20. The first kappa shape index (κ1) is 16.5. The van der Waals surface area contributed by atoms with E-state index in [-0.39, 0.29) is 0 Å². The summed E-state index contributed by atoms with van der Waals surface area (Å²) in [6.07, 6.45) is 0. The fourth-order valence-electron chi connectivity index (χ4n) is 3.04. The molecule has 0 bridgehead atoms. The van der Waals surface area contributed by atoms with Gasteiger partial charge in [0.1, 0.15) is 0 Å². The van der Waals surface area contributed by atoms with E-state index >= 15 is 0 Å². The highest BCUT2D eigenvalue weighted by molar-refractivity contribution is 5.97. The number of amides is 2. The largest absolute Gasteiger partial charge is 0.351 e. The predicted octanol–water partition coefficient (Wildman–Crippen LogP) is 3.69. The second-order valence-corrected chi connectivity index (χ2v) is 5.90. The molecule has 0 spiro atoms. The Morgan fingerprint density at radius 1 is 0.889 bits per heavy atom. The van der Waals surface area contributed by atoms with Crippen molar-refractivity contribution >= 4 is 11.7 Å². The van der Waals surface area contributed by atoms with Gasteiger partial charge in [-0.15, -0.1) is 10.2 Å². The topological polar surface area (TPSA) is 110 Å². The summed E-state index contributed by atoms with van der Waals surface area (Å²) in [5, 5.41) is 16.9. The lowest BCUT2D eigenvalue weighted by Gasteiger charge is -2.13. The molecule has 1 aromatic heterocycles. The number of benzene rings is 3. The summed E-state index contributed by atoms with van der Waals surface area (Å²) >= 11 is 0. The highest BCUT2D eigenvalue weighted by atomic mass is 16.2. The van der Waals surface area contributed by atoms with Gasteiger partial charge in [0.05, 0.1) is 11.3 Å². The number of anilines is 1. The van der Waals surface area contributed by atoms with Crippen molar-refractivity contribution < 1.29 is 4.79 Å². The van der Waals surface area contributed by atoms with Crippen LogP contribution >= 0.6 is 0 Å². The molecule has 0 aliphatic heterocycles. The van der Waals surface area contributed by atoms with Gasteiger partial charge in [-0.3, -0.25) is 0 Å². The van der Waals surface area contributed by atoms with Gasteiger partial charge >= 0.3 is 6.03 Å². The van der Waals surface area contributed by atoms with Gasteiger partial charge in [-0.25, -0.2) is 4.79 Å². The zero-order valence-corrected chi connectivity index (χ0v) is 14.3. The van der Waals surface area contributed by atoms with Crippen molar-refractivity contribution in [1.82, 2.24) is 20.6 Å². The number of carbonyl (C=O) groups excluding carboxylic acids is 1. The first-order valence-electron chi connectivity index (χ1n) is 8.31. The van der Waals surface area contributed by atoms with Gasteiger partial charge in [-0.05, 0) is 39.6 Å². The van der Waals surface area contributed by atoms with Gasteiger partial charge < -0.3 is 11.1 Å². The van der Waals surface area contributed by atoms with Gasteiger partial charge in [0.2, 0.25) is 5.82 Å². The van der Waals surface area contributed by atoms with E-state index < -0.39 is 6.03 Å². The van der Waals surface area contributed by atoms with Gasteiger partial charge in [0.15, 0.2) is 0 Å². The average Bonchev–Trinajstić information content (AvgIpc) is 3.22. The highest BCUT2D eigenvalue weighted by Crippen LogP contribution is 2.37. The predicted molar refractivity (Wildman–Crippen MR) is 104 cm³/mol. The van der Waals surface area contributed by atoms with Crippen LogP contribution in [0.25, 0.3) is 33.6 Å². The number of nitrogens with two attached hydrogens (primary N) is 1. The molecule has 4 N–H and O–H groups in total. The second-order valence-electron chi connectivity index (χ2n) is 5.90. The molecule has 0 aliphatic carbocycles. The minimum absolute atomic E-state index is 0.375. The van der Waals surface area contributed by atoms with E-state index in [0.29, 0.717) is 17.1 Å². The Hall–Kier alpha value is -4.00. The summed E-state index contributed by atoms with van der Waals surface area (Å²) in [5.41, 5.74) is 10.5. The lowest BCUT2D eigenvalue weighted by atomic mass is 9.94. The number of aromatic nitrogens is 4. The molecule has 4 aromatic rings. The molecule has 132 valence electrons. The van der Waals surface area contributed by atoms with E-state index in [1.54, 1.807) is 6.07 Å². The smallest absolute Gasteiger partial charge is 0.316 e. The van der Waals surface area contributed by atoms with Crippen molar-refractivity contribution in [3.8, 4) is 33.6 Å². The van der Waals surface area contributed by atoms with Crippen molar-refractivity contribution in [3.05, 3.63) is 72.8 Å². The van der Waals surface area contributed by atoms with Crippen LogP contribution in [0.15, 0.2) is 72.8 Å². The van der Waals surface area contributed by atoms with Crippen LogP contribution in [0, 0.1) is 0 Å². The van der Waals surface area contributed by atoms with E-state index in [9.17, 15) is 4.79 Å². The standard InChI is InChI=1S/C20H16N6O/c21-20(27)22-17-11-5-10-16(18(17)19-23-25-26-24-19)15-9-4-8-14(12-15)13-6-2-1-3-7-13/h1-12H,(H3,21,22,27)(H,23,24,25,26). The molecule has 1 heterocycles. The van der Waals surface area contributed by atoms with Crippen LogP contribution in [0.3, 0.4) is 0 Å². The summed E-state index contributed by atoms with van der Waals surface area (Å²) in [4.78, 5) is 11.4. The Bertz CT molecular complexity index is 1080. The molecule has 0 fully saturated rings. The number of H-pyrrole nitrogens is 1. The minimum atomic E-state index is -0.657. The van der Waals surface area contributed by atoms with Crippen LogP contribution in [-0.2, 0) is 0 Å². The number of primary amides is 1. The number of nitrogens with one attached hydrogen (secondary N) is 2. The van der Waals surface area contributed by atoms with Gasteiger partial charge in [0, 0.05) is 0 Å². The molecule has 0 aliphatic rings. The zero-order chi connectivity index (χ0) is 18.6. The average molecular weight is 356 g/mol. The molecule has 0 saturated carbocycles. The summed E-state index contributed by atoms with van der Waals surface area (Å²) in [5.74, 6) is 0.375. The molecule has 0 atom stereocenters. The van der Waals surface area contributed by atoms with E-state index in [1.807, 2.05) is 42.5 Å². The molecule has 7 heteroatoms. The molecule has 3 aromatic carbocycles. The molecule has 4 rings (SSSR count). The lowest BCUT2D eigenvalue weighted by molar-refractivity contribution is 0.259. The molecule has 0 radical (unpaired) electrons. The van der Waals surface area contributed by atoms with Crippen molar-refractivity contribution in [2.24, 2.45) is 5.73 Å². The van der Waals surface area contributed by atoms with Crippen LogP contribution in [0.5, 0.6) is 0 Å². The van der Waals surface area contributed by atoms with Crippen LogP contribution < -0.4 is 11.1 Å². The summed E-state index contributed by atoms with van der Waals surface area (Å²) in [6, 6.07) is 23.1. The third-order valence-corrected chi connectivity index (χ3v) is 4.17. The molecular formula is C20H16N6O. The van der Waals surface area contributed by atoms with Crippen molar-refractivity contribution in [2.75, 3.05) is 5.32 Å². The minimum Gasteiger partial charge on any atom is -0.351 e. The Balaban J connectivity index is 1.88. The fraction of sp³-hybridized carbons (Fsp3) is 0. The van der Waals surface area contributed by atoms with Crippen LogP contribution in [0.1, 0.15) is 0 Å². The SMILES string of the molecule is NC(=O)Nc1cccc(-c2cccc(-c3ccccc3)c2)c1-c1nn[nH]n1. The molecule has 0 unspecified atom stereocenters. The zero-order valence-electron chi connectivity index (χ0n) is 14.3. The van der Waals surface area contributed by atoms with Crippen LogP contribution in [0.2, 0.25) is 0 Å². The van der Waals surface area contributed by atoms with Crippen LogP contribution in [0.4, 0.5) is 10.5 Å². The second kappa shape index (κ2) is 7.09. The fourth-order valence-corrected chi connectivity index (χ4v) is 3.04. The third-order valence-electron chi connectivity index (χ3n) is 4.17. The third kappa shape index (κ3) is 3.38. The monoisotopic (exact) mass is 356 g/mol. The number of tetrazole rings is 1. The molecular weight excluding hydrogens is 340 g/mol. The Morgan fingerprint density at radius 2 is 1.63 bits per heavy atom. The Labute approximate surface area is 155 Å². The Morgan fingerprint density at radius 3 is 2.37 bits per heavy atom. The first-order chi connectivity index (χ1) is 13.2.